The van der Waals surface area contributed by atoms with E-state index in [1.807, 2.05) is 55.5 Å². The van der Waals surface area contributed by atoms with Gasteiger partial charge in [-0.2, -0.15) is 0 Å². The Bertz CT molecular complexity index is 1430. The molecule has 2 aromatic carbocycles. The molecule has 2 aromatic heterocycles. The lowest BCUT2D eigenvalue weighted by Gasteiger charge is -2.18. The second-order valence-electron chi connectivity index (χ2n) is 9.33. The Labute approximate surface area is 203 Å². The minimum Gasteiger partial charge on any atom is -0.324 e. The van der Waals surface area contributed by atoms with Gasteiger partial charge in [0.25, 0.3) is 5.56 Å². The van der Waals surface area contributed by atoms with Crippen molar-refractivity contribution < 1.29 is 4.79 Å². The van der Waals surface area contributed by atoms with Gasteiger partial charge >= 0.3 is 0 Å². The Morgan fingerprint density at radius 3 is 2.62 bits per heavy atom. The number of rotatable bonds is 5. The molecule has 0 bridgehead atoms. The Morgan fingerprint density at radius 1 is 1.09 bits per heavy atom. The number of aryl methyl sites for hydroxylation is 3. The van der Waals surface area contributed by atoms with Gasteiger partial charge in [-0.05, 0) is 55.2 Å². The van der Waals surface area contributed by atoms with Crippen LogP contribution in [0.5, 0.6) is 0 Å². The highest BCUT2D eigenvalue weighted by Gasteiger charge is 2.24. The summed E-state index contributed by atoms with van der Waals surface area (Å²) in [7, 11) is 0. The van der Waals surface area contributed by atoms with Gasteiger partial charge in [-0.25, -0.2) is 4.98 Å². The van der Waals surface area contributed by atoms with Gasteiger partial charge in [0.1, 0.15) is 17.2 Å². The Balaban J connectivity index is 1.61. The zero-order valence-electron chi connectivity index (χ0n) is 19.9. The lowest BCUT2D eigenvalue weighted by Crippen LogP contribution is -2.30. The maximum absolute atomic E-state index is 13.8. The van der Waals surface area contributed by atoms with E-state index in [1.165, 1.54) is 4.88 Å². The van der Waals surface area contributed by atoms with Crippen LogP contribution in [0.1, 0.15) is 54.2 Å². The van der Waals surface area contributed by atoms with Crippen molar-refractivity contribution in [3.05, 3.63) is 80.5 Å². The van der Waals surface area contributed by atoms with Crippen molar-refractivity contribution in [3.8, 4) is 11.4 Å². The molecule has 174 valence electrons. The minimum absolute atomic E-state index is 0.0809. The second kappa shape index (κ2) is 9.18. The lowest BCUT2D eigenvalue weighted by atomic mass is 9.97. The number of fused-ring (bicyclic) bond motifs is 3. The molecule has 5 rings (SSSR count). The molecule has 0 aliphatic heterocycles. The highest BCUT2D eigenvalue weighted by atomic mass is 32.1. The number of amides is 1. The average molecular weight is 472 g/mol. The fourth-order valence-corrected chi connectivity index (χ4v) is 6.11. The summed E-state index contributed by atoms with van der Waals surface area (Å²) in [6, 6.07) is 15.7. The van der Waals surface area contributed by atoms with Gasteiger partial charge in [-0.1, -0.05) is 62.4 Å². The molecule has 0 unspecified atom stereocenters. The molecule has 34 heavy (non-hydrogen) atoms. The summed E-state index contributed by atoms with van der Waals surface area (Å²) in [4.78, 5) is 34.1. The van der Waals surface area contributed by atoms with Crippen LogP contribution in [-0.4, -0.2) is 15.5 Å². The minimum atomic E-state index is -0.222. The second-order valence-corrected chi connectivity index (χ2v) is 10.4. The van der Waals surface area contributed by atoms with Crippen molar-refractivity contribution in [1.29, 1.82) is 0 Å². The van der Waals surface area contributed by atoms with Gasteiger partial charge in [0, 0.05) is 16.1 Å². The molecule has 2 heterocycles. The van der Waals surface area contributed by atoms with Gasteiger partial charge in [0.05, 0.1) is 5.39 Å². The molecule has 0 saturated heterocycles. The number of thiophene rings is 1. The van der Waals surface area contributed by atoms with Crippen molar-refractivity contribution in [2.24, 2.45) is 0 Å². The highest BCUT2D eigenvalue weighted by molar-refractivity contribution is 7.18. The number of carbonyl (C=O) groups excluding carboxylic acids is 1. The van der Waals surface area contributed by atoms with E-state index < -0.39 is 0 Å². The van der Waals surface area contributed by atoms with E-state index in [4.69, 9.17) is 4.98 Å². The molecule has 1 aliphatic carbocycles. The average Bonchev–Trinajstić information content (AvgIpc) is 3.21. The van der Waals surface area contributed by atoms with Gasteiger partial charge in [-0.3, -0.25) is 14.2 Å². The molecule has 1 amide bonds. The zero-order valence-corrected chi connectivity index (χ0v) is 20.7. The maximum Gasteiger partial charge on any atom is 0.263 e. The first-order valence-corrected chi connectivity index (χ1v) is 12.8. The number of aromatic nitrogens is 2. The summed E-state index contributed by atoms with van der Waals surface area (Å²) >= 11 is 1.64. The van der Waals surface area contributed by atoms with Gasteiger partial charge in [-0.15, -0.1) is 11.3 Å². The molecule has 0 atom stereocenters. The van der Waals surface area contributed by atoms with Crippen LogP contribution in [0.3, 0.4) is 0 Å². The topological polar surface area (TPSA) is 64.0 Å². The quantitative estimate of drug-likeness (QED) is 0.384. The van der Waals surface area contributed by atoms with Crippen molar-refractivity contribution in [3.63, 3.8) is 0 Å². The summed E-state index contributed by atoms with van der Waals surface area (Å²) in [5.41, 5.74) is 4.78. The number of hydrogen-bond donors (Lipinski definition) is 1. The number of anilines is 1. The Kier molecular flexibility index (Phi) is 6.09. The van der Waals surface area contributed by atoms with Crippen LogP contribution in [0.25, 0.3) is 21.6 Å². The molecule has 0 spiro atoms. The predicted molar refractivity (Wildman–Crippen MR) is 140 cm³/mol. The summed E-state index contributed by atoms with van der Waals surface area (Å²) in [5.74, 6) is 0.592. The first kappa shape index (κ1) is 22.5. The number of para-hydroxylation sites is 1. The Morgan fingerprint density at radius 2 is 1.85 bits per heavy atom. The number of hydrogen-bond acceptors (Lipinski definition) is 4. The summed E-state index contributed by atoms with van der Waals surface area (Å²) in [6.45, 7) is 6.14. The molecular weight excluding hydrogens is 442 g/mol. The fourth-order valence-electron chi connectivity index (χ4n) is 4.86. The molecule has 0 fully saturated rings. The number of nitrogens with zero attached hydrogens (tertiary/aromatic N) is 2. The molecule has 4 aromatic rings. The molecule has 1 aliphatic rings. The first-order chi connectivity index (χ1) is 16.4. The summed E-state index contributed by atoms with van der Waals surface area (Å²) in [5, 5.41) is 3.79. The van der Waals surface area contributed by atoms with Crippen LogP contribution >= 0.6 is 11.3 Å². The maximum atomic E-state index is 13.8. The zero-order chi connectivity index (χ0) is 23.8. The van der Waals surface area contributed by atoms with Crippen LogP contribution in [0.15, 0.2) is 53.3 Å². The van der Waals surface area contributed by atoms with Crippen molar-refractivity contribution in [2.75, 3.05) is 5.32 Å². The van der Waals surface area contributed by atoms with Crippen LogP contribution in [0.2, 0.25) is 0 Å². The number of carbonyl (C=O) groups is 1. The summed E-state index contributed by atoms with van der Waals surface area (Å²) in [6.07, 6.45) is 4.15. The van der Waals surface area contributed by atoms with Crippen molar-refractivity contribution >= 4 is 33.1 Å². The molecular formula is C28H29N3O2S. The molecule has 0 radical (unpaired) electrons. The van der Waals surface area contributed by atoms with Crippen LogP contribution in [0, 0.1) is 6.92 Å². The van der Waals surface area contributed by atoms with Gasteiger partial charge in [0.15, 0.2) is 0 Å². The van der Waals surface area contributed by atoms with E-state index in [2.05, 4.69) is 19.2 Å². The van der Waals surface area contributed by atoms with Gasteiger partial charge in [0.2, 0.25) is 5.91 Å². The first-order valence-electron chi connectivity index (χ1n) is 11.9. The SMILES string of the molecule is Cc1cccc(C(C)C)c1NC(=O)Cn1c(-c2ccccc2)nc2sc3c(c2c1=O)CCCC3. The molecule has 6 heteroatoms. The Hall–Kier alpha value is -3.25. The van der Waals surface area contributed by atoms with Crippen molar-refractivity contribution in [1.82, 2.24) is 9.55 Å². The van der Waals surface area contributed by atoms with E-state index >= 15 is 0 Å². The lowest BCUT2D eigenvalue weighted by molar-refractivity contribution is -0.116. The van der Waals surface area contributed by atoms with Gasteiger partial charge < -0.3 is 5.32 Å². The fraction of sp³-hybridized carbons (Fsp3) is 0.321. The largest absolute Gasteiger partial charge is 0.324 e. The number of benzene rings is 2. The highest BCUT2D eigenvalue weighted by Crippen LogP contribution is 2.35. The molecule has 0 saturated carbocycles. The number of nitrogens with one attached hydrogen (secondary N) is 1. The molecule has 1 N–H and O–H groups in total. The van der Waals surface area contributed by atoms with Crippen LogP contribution in [0.4, 0.5) is 5.69 Å². The van der Waals surface area contributed by atoms with Crippen LogP contribution < -0.4 is 10.9 Å². The summed E-state index contributed by atoms with van der Waals surface area (Å²) < 4.78 is 1.56. The van der Waals surface area contributed by atoms with Crippen LogP contribution in [-0.2, 0) is 24.2 Å². The van der Waals surface area contributed by atoms with E-state index in [0.717, 1.165) is 58.5 Å². The standard InChI is InChI=1S/C28H29N3O2S/c1-17(2)20-14-9-10-18(3)25(20)29-23(32)16-31-26(19-11-5-4-6-12-19)30-27-24(28(31)33)21-13-7-8-15-22(21)34-27/h4-6,9-12,14,17H,7-8,13,15-16H2,1-3H3,(H,29,32). The normalized spacial score (nSPS) is 13.3. The van der Waals surface area contributed by atoms with Crippen molar-refractivity contribution in [2.45, 2.75) is 58.9 Å². The van der Waals surface area contributed by atoms with E-state index in [0.29, 0.717) is 11.2 Å². The third kappa shape index (κ3) is 4.07. The van der Waals surface area contributed by atoms with E-state index in [-0.39, 0.29) is 23.9 Å². The smallest absolute Gasteiger partial charge is 0.263 e. The van der Waals surface area contributed by atoms with E-state index in [9.17, 15) is 9.59 Å². The third-order valence-electron chi connectivity index (χ3n) is 6.60. The predicted octanol–water partition coefficient (Wildman–Crippen LogP) is 6.07. The molecule has 5 nitrogen and oxygen atoms in total. The van der Waals surface area contributed by atoms with E-state index in [1.54, 1.807) is 15.9 Å². The monoisotopic (exact) mass is 471 g/mol. The third-order valence-corrected chi connectivity index (χ3v) is 7.79.